The van der Waals surface area contributed by atoms with Crippen LogP contribution >= 0.6 is 0 Å². The molecule has 3 aromatic carbocycles. The maximum absolute atomic E-state index is 12.9. The van der Waals surface area contributed by atoms with Crippen LogP contribution in [0.4, 0.5) is 5.69 Å². The summed E-state index contributed by atoms with van der Waals surface area (Å²) in [5.41, 5.74) is 2.29. The second-order valence-electron chi connectivity index (χ2n) is 6.53. The lowest BCUT2D eigenvalue weighted by molar-refractivity contribution is -0.141. The third-order valence-corrected chi connectivity index (χ3v) is 4.42. The van der Waals surface area contributed by atoms with Crippen LogP contribution < -0.4 is 14.8 Å². The van der Waals surface area contributed by atoms with E-state index in [1.165, 1.54) is 7.11 Å². The second-order valence-corrected chi connectivity index (χ2v) is 6.53. The van der Waals surface area contributed by atoms with E-state index in [1.54, 1.807) is 37.5 Å². The standard InChI is InChI=1S/C25H23NO5/c1-29-20-12-8-9-18(15-20)16-21(19-10-4-3-5-11-19)25(28)31-17-24(27)26-22-13-6-7-14-23(22)30-2/h3-16H,17H2,1-2H3,(H,26,27). The maximum atomic E-state index is 12.9. The quantitative estimate of drug-likeness (QED) is 0.334. The van der Waals surface area contributed by atoms with Gasteiger partial charge < -0.3 is 19.5 Å². The van der Waals surface area contributed by atoms with Gasteiger partial charge in [0.25, 0.3) is 5.91 Å². The number of benzene rings is 3. The number of anilines is 1. The van der Waals surface area contributed by atoms with Gasteiger partial charge >= 0.3 is 5.97 Å². The molecule has 3 aromatic rings. The Hall–Kier alpha value is -4.06. The van der Waals surface area contributed by atoms with Crippen molar-refractivity contribution in [2.24, 2.45) is 0 Å². The zero-order chi connectivity index (χ0) is 22.1. The summed E-state index contributed by atoms with van der Waals surface area (Å²) in [5, 5.41) is 2.68. The van der Waals surface area contributed by atoms with Gasteiger partial charge in [0.2, 0.25) is 0 Å². The molecule has 0 spiro atoms. The summed E-state index contributed by atoms with van der Waals surface area (Å²) in [6.07, 6.45) is 1.71. The molecular formula is C25H23NO5. The number of carbonyl (C=O) groups excluding carboxylic acids is 2. The van der Waals surface area contributed by atoms with Crippen LogP contribution in [-0.2, 0) is 14.3 Å². The van der Waals surface area contributed by atoms with Crippen molar-refractivity contribution in [3.8, 4) is 11.5 Å². The molecule has 1 N–H and O–H groups in total. The zero-order valence-electron chi connectivity index (χ0n) is 17.3. The van der Waals surface area contributed by atoms with Gasteiger partial charge in [0.05, 0.1) is 25.5 Å². The highest BCUT2D eigenvalue weighted by atomic mass is 16.5. The van der Waals surface area contributed by atoms with Crippen LogP contribution in [0.5, 0.6) is 11.5 Å². The Bertz CT molecular complexity index is 1080. The fourth-order valence-electron chi connectivity index (χ4n) is 2.92. The summed E-state index contributed by atoms with van der Waals surface area (Å²) < 4.78 is 15.8. The molecule has 0 heterocycles. The Morgan fingerprint density at radius 2 is 1.61 bits per heavy atom. The predicted octanol–water partition coefficient (Wildman–Crippen LogP) is 4.43. The highest BCUT2D eigenvalue weighted by molar-refractivity contribution is 6.22. The van der Waals surface area contributed by atoms with Crippen molar-refractivity contribution in [3.05, 3.63) is 90.0 Å². The van der Waals surface area contributed by atoms with Crippen LogP contribution in [0.2, 0.25) is 0 Å². The van der Waals surface area contributed by atoms with Crippen LogP contribution in [0, 0.1) is 0 Å². The summed E-state index contributed by atoms with van der Waals surface area (Å²) >= 11 is 0. The zero-order valence-corrected chi connectivity index (χ0v) is 17.3. The Labute approximate surface area is 181 Å². The molecule has 0 radical (unpaired) electrons. The minimum atomic E-state index is -0.607. The van der Waals surface area contributed by atoms with Gasteiger partial charge in [-0.05, 0) is 41.5 Å². The predicted molar refractivity (Wildman–Crippen MR) is 120 cm³/mol. The fourth-order valence-corrected chi connectivity index (χ4v) is 2.92. The van der Waals surface area contributed by atoms with Crippen molar-refractivity contribution in [3.63, 3.8) is 0 Å². The smallest absolute Gasteiger partial charge is 0.339 e. The van der Waals surface area contributed by atoms with E-state index < -0.39 is 18.5 Å². The maximum Gasteiger partial charge on any atom is 0.339 e. The largest absolute Gasteiger partial charge is 0.497 e. The molecule has 31 heavy (non-hydrogen) atoms. The second kappa shape index (κ2) is 10.6. The number of nitrogens with one attached hydrogen (secondary N) is 1. The number of methoxy groups -OCH3 is 2. The van der Waals surface area contributed by atoms with Gasteiger partial charge in [-0.3, -0.25) is 4.79 Å². The SMILES string of the molecule is COc1cccc(C=C(C(=O)OCC(=O)Nc2ccccc2OC)c2ccccc2)c1. The topological polar surface area (TPSA) is 73.9 Å². The highest BCUT2D eigenvalue weighted by Gasteiger charge is 2.16. The van der Waals surface area contributed by atoms with Crippen LogP contribution in [0.25, 0.3) is 11.6 Å². The first kappa shape index (κ1) is 21.6. The minimum Gasteiger partial charge on any atom is -0.497 e. The molecule has 0 bridgehead atoms. The summed E-state index contributed by atoms with van der Waals surface area (Å²) in [7, 11) is 3.09. The van der Waals surface area contributed by atoms with Crippen molar-refractivity contribution in [2.75, 3.05) is 26.1 Å². The first-order valence-electron chi connectivity index (χ1n) is 9.62. The number of carbonyl (C=O) groups is 2. The third-order valence-electron chi connectivity index (χ3n) is 4.42. The first-order chi connectivity index (χ1) is 15.1. The molecule has 6 nitrogen and oxygen atoms in total. The van der Waals surface area contributed by atoms with Crippen molar-refractivity contribution >= 4 is 29.2 Å². The van der Waals surface area contributed by atoms with Crippen LogP contribution in [0.3, 0.4) is 0 Å². The van der Waals surface area contributed by atoms with Gasteiger partial charge in [0.15, 0.2) is 6.61 Å². The Morgan fingerprint density at radius 1 is 0.871 bits per heavy atom. The molecule has 0 aliphatic heterocycles. The monoisotopic (exact) mass is 417 g/mol. The molecular weight excluding hydrogens is 394 g/mol. The first-order valence-corrected chi connectivity index (χ1v) is 9.62. The van der Waals surface area contributed by atoms with E-state index >= 15 is 0 Å². The van der Waals surface area contributed by atoms with E-state index in [9.17, 15) is 9.59 Å². The minimum absolute atomic E-state index is 0.332. The van der Waals surface area contributed by atoms with E-state index in [4.69, 9.17) is 14.2 Å². The number of hydrogen-bond donors (Lipinski definition) is 1. The number of hydrogen-bond acceptors (Lipinski definition) is 5. The normalized spacial score (nSPS) is 10.8. The number of para-hydroxylation sites is 2. The van der Waals surface area contributed by atoms with E-state index in [1.807, 2.05) is 54.6 Å². The summed E-state index contributed by atoms with van der Waals surface area (Å²) in [6.45, 7) is -0.431. The van der Waals surface area contributed by atoms with Gasteiger partial charge in [-0.1, -0.05) is 54.6 Å². The van der Waals surface area contributed by atoms with Crippen LogP contribution in [0.1, 0.15) is 11.1 Å². The van der Waals surface area contributed by atoms with E-state index in [-0.39, 0.29) is 0 Å². The fraction of sp³-hybridized carbons (Fsp3) is 0.120. The highest BCUT2D eigenvalue weighted by Crippen LogP contribution is 2.24. The summed E-state index contributed by atoms with van der Waals surface area (Å²) in [5.74, 6) is 0.117. The van der Waals surface area contributed by atoms with Crippen molar-refractivity contribution < 1.29 is 23.8 Å². The lowest BCUT2D eigenvalue weighted by Crippen LogP contribution is -2.21. The van der Waals surface area contributed by atoms with Gasteiger partial charge in [-0.25, -0.2) is 4.79 Å². The molecule has 0 saturated heterocycles. The summed E-state index contributed by atoms with van der Waals surface area (Å²) in [6, 6.07) is 23.5. The lowest BCUT2D eigenvalue weighted by Gasteiger charge is -2.11. The third kappa shape index (κ3) is 5.96. The average Bonchev–Trinajstić information content (AvgIpc) is 2.82. The molecule has 0 aliphatic carbocycles. The van der Waals surface area contributed by atoms with Crippen molar-refractivity contribution in [1.29, 1.82) is 0 Å². The van der Waals surface area contributed by atoms with Gasteiger partial charge in [-0.15, -0.1) is 0 Å². The molecule has 0 unspecified atom stereocenters. The molecule has 1 amide bonds. The molecule has 0 aliphatic rings. The van der Waals surface area contributed by atoms with Gasteiger partial charge in [0.1, 0.15) is 11.5 Å². The Kier molecular flexibility index (Phi) is 7.43. The lowest BCUT2D eigenvalue weighted by atomic mass is 10.0. The number of rotatable bonds is 8. The van der Waals surface area contributed by atoms with Crippen molar-refractivity contribution in [2.45, 2.75) is 0 Å². The van der Waals surface area contributed by atoms with E-state index in [0.717, 1.165) is 5.56 Å². The number of esters is 1. The molecule has 0 fully saturated rings. The molecule has 0 atom stereocenters. The average molecular weight is 417 g/mol. The molecule has 6 heteroatoms. The van der Waals surface area contributed by atoms with Gasteiger partial charge in [-0.2, -0.15) is 0 Å². The Morgan fingerprint density at radius 3 is 2.35 bits per heavy atom. The number of amides is 1. The van der Waals surface area contributed by atoms with Crippen LogP contribution in [0.15, 0.2) is 78.9 Å². The molecule has 3 rings (SSSR count). The van der Waals surface area contributed by atoms with Crippen molar-refractivity contribution in [1.82, 2.24) is 0 Å². The van der Waals surface area contributed by atoms with E-state index in [2.05, 4.69) is 5.32 Å². The Balaban J connectivity index is 1.76. The van der Waals surface area contributed by atoms with E-state index in [0.29, 0.717) is 28.3 Å². The molecule has 158 valence electrons. The van der Waals surface area contributed by atoms with Crippen LogP contribution in [-0.4, -0.2) is 32.7 Å². The summed E-state index contributed by atoms with van der Waals surface area (Å²) in [4.78, 5) is 25.2. The number of ether oxygens (including phenoxy) is 3. The molecule has 0 aromatic heterocycles. The van der Waals surface area contributed by atoms with Gasteiger partial charge in [0, 0.05) is 0 Å². The molecule has 0 saturated carbocycles.